The molecule has 1 aromatic rings. The molecule has 2 rings (SSSR count). The van der Waals surface area contributed by atoms with E-state index < -0.39 is 12.0 Å². The van der Waals surface area contributed by atoms with Gasteiger partial charge in [0.2, 0.25) is 0 Å². The average Bonchev–Trinajstić information content (AvgIpc) is 2.88. The highest BCUT2D eigenvalue weighted by molar-refractivity contribution is 5.94. The zero-order chi connectivity index (χ0) is 13.8. The third-order valence-electron chi connectivity index (χ3n) is 3.18. The maximum atomic E-state index is 11.6. The fraction of sp³-hybridized carbons (Fsp3) is 0.462. The minimum absolute atomic E-state index is 0.169. The molecule has 2 heterocycles. The minimum atomic E-state index is -0.827. The van der Waals surface area contributed by atoms with Gasteiger partial charge in [-0.1, -0.05) is 0 Å². The SMILES string of the molecule is CCNC(=O)c1ccc(N2CCC[C@H]2C(=O)O)nc1. The molecule has 0 aromatic carbocycles. The molecule has 0 unspecified atom stereocenters. The average molecular weight is 263 g/mol. The Kier molecular flexibility index (Phi) is 3.99. The molecule has 1 aliphatic heterocycles. The van der Waals surface area contributed by atoms with E-state index in [9.17, 15) is 9.59 Å². The van der Waals surface area contributed by atoms with Crippen molar-refractivity contribution in [3.8, 4) is 0 Å². The second-order valence-electron chi connectivity index (χ2n) is 4.45. The quantitative estimate of drug-likeness (QED) is 0.842. The predicted octanol–water partition coefficient (Wildman–Crippen LogP) is 0.885. The smallest absolute Gasteiger partial charge is 0.326 e. The molecule has 0 bridgehead atoms. The Bertz CT molecular complexity index is 473. The van der Waals surface area contributed by atoms with Gasteiger partial charge in [-0.15, -0.1) is 0 Å². The van der Waals surface area contributed by atoms with E-state index in [1.807, 2.05) is 6.92 Å². The summed E-state index contributed by atoms with van der Waals surface area (Å²) in [6, 6.07) is 2.86. The first kappa shape index (κ1) is 13.3. The van der Waals surface area contributed by atoms with E-state index in [0.29, 0.717) is 30.9 Å². The Labute approximate surface area is 111 Å². The molecule has 1 saturated heterocycles. The van der Waals surface area contributed by atoms with Crippen LogP contribution in [0.1, 0.15) is 30.1 Å². The van der Waals surface area contributed by atoms with Gasteiger partial charge < -0.3 is 15.3 Å². The Morgan fingerprint density at radius 3 is 2.89 bits per heavy atom. The lowest BCUT2D eigenvalue weighted by Crippen LogP contribution is -2.36. The van der Waals surface area contributed by atoms with Crippen molar-refractivity contribution < 1.29 is 14.7 Å². The number of hydrogen-bond acceptors (Lipinski definition) is 4. The van der Waals surface area contributed by atoms with Crippen LogP contribution >= 0.6 is 0 Å². The lowest BCUT2D eigenvalue weighted by molar-refractivity contribution is -0.138. The van der Waals surface area contributed by atoms with Gasteiger partial charge in [-0.2, -0.15) is 0 Å². The number of aromatic nitrogens is 1. The highest BCUT2D eigenvalue weighted by Gasteiger charge is 2.31. The molecule has 6 heteroatoms. The van der Waals surface area contributed by atoms with E-state index in [1.165, 1.54) is 6.20 Å². The van der Waals surface area contributed by atoms with E-state index in [0.717, 1.165) is 6.42 Å². The van der Waals surface area contributed by atoms with E-state index in [-0.39, 0.29) is 5.91 Å². The first-order valence-electron chi connectivity index (χ1n) is 6.37. The zero-order valence-electron chi connectivity index (χ0n) is 10.8. The summed E-state index contributed by atoms with van der Waals surface area (Å²) in [5.41, 5.74) is 0.483. The van der Waals surface area contributed by atoms with Crippen LogP contribution in [0, 0.1) is 0 Å². The fourth-order valence-corrected chi connectivity index (χ4v) is 2.25. The molecule has 0 spiro atoms. The van der Waals surface area contributed by atoms with Crippen LogP contribution in [0.25, 0.3) is 0 Å². The monoisotopic (exact) mass is 263 g/mol. The van der Waals surface area contributed by atoms with Crippen molar-refractivity contribution in [3.63, 3.8) is 0 Å². The van der Waals surface area contributed by atoms with Crippen LogP contribution in [0.3, 0.4) is 0 Å². The maximum Gasteiger partial charge on any atom is 0.326 e. The topological polar surface area (TPSA) is 82.5 Å². The van der Waals surface area contributed by atoms with Crippen molar-refractivity contribution in [1.29, 1.82) is 0 Å². The van der Waals surface area contributed by atoms with Crippen molar-refractivity contribution in [2.75, 3.05) is 18.0 Å². The molecule has 1 atom stereocenters. The van der Waals surface area contributed by atoms with Crippen molar-refractivity contribution in [2.45, 2.75) is 25.8 Å². The van der Waals surface area contributed by atoms with Crippen LogP contribution in [-0.4, -0.2) is 41.1 Å². The summed E-state index contributed by atoms with van der Waals surface area (Å²) in [6.45, 7) is 3.10. The normalized spacial score (nSPS) is 18.4. The summed E-state index contributed by atoms with van der Waals surface area (Å²) in [5.74, 6) is -0.386. The second-order valence-corrected chi connectivity index (χ2v) is 4.45. The van der Waals surface area contributed by atoms with Crippen LogP contribution in [-0.2, 0) is 4.79 Å². The first-order chi connectivity index (χ1) is 9.13. The van der Waals surface area contributed by atoms with E-state index in [2.05, 4.69) is 10.3 Å². The van der Waals surface area contributed by atoms with E-state index in [4.69, 9.17) is 5.11 Å². The highest BCUT2D eigenvalue weighted by atomic mass is 16.4. The Balaban J connectivity index is 2.14. The number of carboxylic acids is 1. The molecule has 1 fully saturated rings. The first-order valence-corrected chi connectivity index (χ1v) is 6.37. The molecule has 0 saturated carbocycles. The molecule has 2 N–H and O–H groups in total. The maximum absolute atomic E-state index is 11.6. The van der Waals surface area contributed by atoms with Crippen molar-refractivity contribution >= 4 is 17.7 Å². The molecular weight excluding hydrogens is 246 g/mol. The molecule has 1 aromatic heterocycles. The molecule has 0 aliphatic carbocycles. The largest absolute Gasteiger partial charge is 0.480 e. The number of carboxylic acid groups (broad SMARTS) is 1. The molecule has 19 heavy (non-hydrogen) atoms. The lowest BCUT2D eigenvalue weighted by Gasteiger charge is -2.22. The van der Waals surface area contributed by atoms with E-state index in [1.54, 1.807) is 17.0 Å². The van der Waals surface area contributed by atoms with Crippen LogP contribution in [0.5, 0.6) is 0 Å². The summed E-state index contributed by atoms with van der Waals surface area (Å²) in [4.78, 5) is 28.7. The third-order valence-corrected chi connectivity index (χ3v) is 3.18. The zero-order valence-corrected chi connectivity index (χ0v) is 10.8. The number of rotatable bonds is 4. The molecule has 102 valence electrons. The van der Waals surface area contributed by atoms with Crippen LogP contribution in [0.15, 0.2) is 18.3 Å². The van der Waals surface area contributed by atoms with Gasteiger partial charge in [0.25, 0.3) is 5.91 Å². The lowest BCUT2D eigenvalue weighted by atomic mass is 10.2. The molecule has 6 nitrogen and oxygen atoms in total. The van der Waals surface area contributed by atoms with Crippen molar-refractivity contribution in [1.82, 2.24) is 10.3 Å². The van der Waals surface area contributed by atoms with Crippen molar-refractivity contribution in [3.05, 3.63) is 23.9 Å². The third kappa shape index (κ3) is 2.83. The number of amides is 1. The number of carbonyl (C=O) groups is 2. The Morgan fingerprint density at radius 1 is 1.53 bits per heavy atom. The van der Waals surface area contributed by atoms with Gasteiger partial charge in [0.05, 0.1) is 5.56 Å². The van der Waals surface area contributed by atoms with E-state index >= 15 is 0 Å². The number of nitrogens with zero attached hydrogens (tertiary/aromatic N) is 2. The number of carbonyl (C=O) groups excluding carboxylic acids is 1. The number of nitrogens with one attached hydrogen (secondary N) is 1. The summed E-state index contributed by atoms with van der Waals surface area (Å²) >= 11 is 0. The minimum Gasteiger partial charge on any atom is -0.480 e. The van der Waals surface area contributed by atoms with Gasteiger partial charge in [-0.05, 0) is 31.9 Å². The van der Waals surface area contributed by atoms with Gasteiger partial charge in [0, 0.05) is 19.3 Å². The summed E-state index contributed by atoms with van der Waals surface area (Å²) in [5, 5.41) is 11.8. The standard InChI is InChI=1S/C13H17N3O3/c1-2-14-12(17)9-5-6-11(15-8-9)16-7-3-4-10(16)13(18)19/h5-6,8,10H,2-4,7H2,1H3,(H,14,17)(H,18,19)/t10-/m0/s1. The van der Waals surface area contributed by atoms with Crippen LogP contribution < -0.4 is 10.2 Å². The molecular formula is C13H17N3O3. The Hall–Kier alpha value is -2.11. The second kappa shape index (κ2) is 5.69. The summed E-state index contributed by atoms with van der Waals surface area (Å²) in [7, 11) is 0. The summed E-state index contributed by atoms with van der Waals surface area (Å²) in [6.07, 6.45) is 2.96. The van der Waals surface area contributed by atoms with Gasteiger partial charge in [-0.3, -0.25) is 4.79 Å². The number of pyridine rings is 1. The molecule has 1 amide bonds. The van der Waals surface area contributed by atoms with Crippen LogP contribution in [0.4, 0.5) is 5.82 Å². The highest BCUT2D eigenvalue weighted by Crippen LogP contribution is 2.23. The van der Waals surface area contributed by atoms with Crippen LogP contribution in [0.2, 0.25) is 0 Å². The Morgan fingerprint density at radius 2 is 2.32 bits per heavy atom. The number of hydrogen-bond donors (Lipinski definition) is 2. The van der Waals surface area contributed by atoms with Gasteiger partial charge in [0.1, 0.15) is 11.9 Å². The summed E-state index contributed by atoms with van der Waals surface area (Å²) < 4.78 is 0. The predicted molar refractivity (Wildman–Crippen MR) is 70.2 cm³/mol. The molecule has 1 aliphatic rings. The van der Waals surface area contributed by atoms with Gasteiger partial charge in [-0.25, -0.2) is 9.78 Å². The van der Waals surface area contributed by atoms with Gasteiger partial charge in [0.15, 0.2) is 0 Å². The molecule has 0 radical (unpaired) electrons. The fourth-order valence-electron chi connectivity index (χ4n) is 2.25. The number of anilines is 1. The number of aliphatic carboxylic acids is 1. The van der Waals surface area contributed by atoms with Crippen molar-refractivity contribution in [2.24, 2.45) is 0 Å². The van der Waals surface area contributed by atoms with Gasteiger partial charge >= 0.3 is 5.97 Å².